The third-order valence-corrected chi connectivity index (χ3v) is 4.63. The molecule has 0 radical (unpaired) electrons. The molecule has 1 aromatic rings. The molecular weight excluding hydrogens is 290 g/mol. The van der Waals surface area contributed by atoms with Crippen LogP contribution < -0.4 is 10.2 Å². The number of rotatable bonds is 5. The van der Waals surface area contributed by atoms with Crippen LogP contribution >= 0.6 is 0 Å². The number of hydrogen-bond acceptors (Lipinski definition) is 3. The molecule has 5 nitrogen and oxygen atoms in total. The highest BCUT2D eigenvalue weighted by Crippen LogP contribution is 2.17. The van der Waals surface area contributed by atoms with Gasteiger partial charge in [0.1, 0.15) is 0 Å². The lowest BCUT2D eigenvalue weighted by molar-refractivity contribution is -0.133. The SMILES string of the molecule is CC(=O)N1CCC[C@@H](C(=O)NC[C@H](C)N(C)c2ccccc2)C1. The van der Waals surface area contributed by atoms with Crippen molar-refractivity contribution in [2.24, 2.45) is 5.92 Å². The number of carbonyl (C=O) groups is 2. The van der Waals surface area contributed by atoms with Crippen LogP contribution in [0.4, 0.5) is 5.69 Å². The van der Waals surface area contributed by atoms with Gasteiger partial charge in [0.15, 0.2) is 0 Å². The van der Waals surface area contributed by atoms with Crippen LogP contribution in [0.15, 0.2) is 30.3 Å². The molecule has 1 aliphatic heterocycles. The van der Waals surface area contributed by atoms with Gasteiger partial charge >= 0.3 is 0 Å². The van der Waals surface area contributed by atoms with Gasteiger partial charge in [-0.05, 0) is 31.9 Å². The first-order valence-corrected chi connectivity index (χ1v) is 8.30. The van der Waals surface area contributed by atoms with E-state index >= 15 is 0 Å². The first-order valence-electron chi connectivity index (χ1n) is 8.30. The number of anilines is 1. The van der Waals surface area contributed by atoms with Crippen molar-refractivity contribution in [3.05, 3.63) is 30.3 Å². The quantitative estimate of drug-likeness (QED) is 0.902. The van der Waals surface area contributed by atoms with Crippen LogP contribution in [-0.2, 0) is 9.59 Å². The summed E-state index contributed by atoms with van der Waals surface area (Å²) in [6.07, 6.45) is 1.76. The standard InChI is InChI=1S/C18H27N3O2/c1-14(20(3)17-9-5-4-6-10-17)12-19-18(23)16-8-7-11-21(13-16)15(2)22/h4-6,9-10,14,16H,7-8,11-13H2,1-3H3,(H,19,23)/t14-,16+/m0/s1. The van der Waals surface area contributed by atoms with Gasteiger partial charge in [-0.2, -0.15) is 0 Å². The number of benzene rings is 1. The lowest BCUT2D eigenvalue weighted by Gasteiger charge is -2.32. The summed E-state index contributed by atoms with van der Waals surface area (Å²) < 4.78 is 0. The fourth-order valence-corrected chi connectivity index (χ4v) is 2.92. The van der Waals surface area contributed by atoms with Gasteiger partial charge < -0.3 is 15.1 Å². The molecule has 1 aromatic carbocycles. The van der Waals surface area contributed by atoms with E-state index in [2.05, 4.69) is 29.3 Å². The summed E-state index contributed by atoms with van der Waals surface area (Å²) in [6, 6.07) is 10.3. The van der Waals surface area contributed by atoms with Crippen LogP contribution in [0.3, 0.4) is 0 Å². The van der Waals surface area contributed by atoms with E-state index in [9.17, 15) is 9.59 Å². The molecule has 126 valence electrons. The fraction of sp³-hybridized carbons (Fsp3) is 0.556. The van der Waals surface area contributed by atoms with Gasteiger partial charge in [0, 0.05) is 45.3 Å². The van der Waals surface area contributed by atoms with Crippen molar-refractivity contribution in [2.45, 2.75) is 32.7 Å². The van der Waals surface area contributed by atoms with E-state index in [0.717, 1.165) is 25.1 Å². The van der Waals surface area contributed by atoms with Crippen molar-refractivity contribution in [3.8, 4) is 0 Å². The lowest BCUT2D eigenvalue weighted by Crippen LogP contribution is -2.47. The zero-order chi connectivity index (χ0) is 16.8. The highest BCUT2D eigenvalue weighted by atomic mass is 16.2. The van der Waals surface area contributed by atoms with Crippen molar-refractivity contribution in [1.29, 1.82) is 0 Å². The second-order valence-electron chi connectivity index (χ2n) is 6.34. The van der Waals surface area contributed by atoms with E-state index in [-0.39, 0.29) is 23.8 Å². The molecule has 1 heterocycles. The molecule has 0 bridgehead atoms. The van der Waals surface area contributed by atoms with Gasteiger partial charge in [-0.25, -0.2) is 0 Å². The molecule has 2 amide bonds. The molecule has 1 N–H and O–H groups in total. The summed E-state index contributed by atoms with van der Waals surface area (Å²) in [5.41, 5.74) is 1.13. The first kappa shape index (κ1) is 17.3. The summed E-state index contributed by atoms with van der Waals surface area (Å²) in [5.74, 6) is 0.0332. The first-order chi connectivity index (χ1) is 11.0. The Morgan fingerprint density at radius 2 is 2.04 bits per heavy atom. The maximum Gasteiger partial charge on any atom is 0.224 e. The van der Waals surface area contributed by atoms with E-state index in [1.54, 1.807) is 11.8 Å². The molecule has 1 aliphatic rings. The number of nitrogens with zero attached hydrogens (tertiary/aromatic N) is 2. The van der Waals surface area contributed by atoms with Gasteiger partial charge in [-0.15, -0.1) is 0 Å². The number of amides is 2. The van der Waals surface area contributed by atoms with Crippen LogP contribution in [0.25, 0.3) is 0 Å². The Kier molecular flexibility index (Phi) is 6.02. The zero-order valence-electron chi connectivity index (χ0n) is 14.3. The molecule has 0 saturated carbocycles. The topological polar surface area (TPSA) is 52.7 Å². The van der Waals surface area contributed by atoms with Gasteiger partial charge in [0.25, 0.3) is 0 Å². The second kappa shape index (κ2) is 7.99. The van der Waals surface area contributed by atoms with Gasteiger partial charge in [0.05, 0.1) is 5.92 Å². The number of para-hydroxylation sites is 1. The van der Waals surface area contributed by atoms with Gasteiger partial charge in [-0.3, -0.25) is 9.59 Å². The normalized spacial score (nSPS) is 19.1. The maximum atomic E-state index is 12.4. The third-order valence-electron chi connectivity index (χ3n) is 4.63. The number of likely N-dealkylation sites (tertiary alicyclic amines) is 1. The minimum absolute atomic E-state index is 0.0553. The second-order valence-corrected chi connectivity index (χ2v) is 6.34. The monoisotopic (exact) mass is 317 g/mol. The Labute approximate surface area is 138 Å². The van der Waals surface area contributed by atoms with E-state index < -0.39 is 0 Å². The molecule has 1 fully saturated rings. The average Bonchev–Trinajstić information content (AvgIpc) is 2.59. The highest BCUT2D eigenvalue weighted by molar-refractivity contribution is 5.80. The molecule has 0 unspecified atom stereocenters. The Balaban J connectivity index is 1.82. The summed E-state index contributed by atoms with van der Waals surface area (Å²) in [4.78, 5) is 27.8. The van der Waals surface area contributed by atoms with Crippen LogP contribution in [-0.4, -0.2) is 49.4 Å². The summed E-state index contributed by atoms with van der Waals surface area (Å²) >= 11 is 0. The van der Waals surface area contributed by atoms with E-state index in [4.69, 9.17) is 0 Å². The van der Waals surface area contributed by atoms with Gasteiger partial charge in [0.2, 0.25) is 11.8 Å². The molecule has 2 atom stereocenters. The summed E-state index contributed by atoms with van der Waals surface area (Å²) in [5, 5.41) is 3.04. The van der Waals surface area contributed by atoms with Gasteiger partial charge in [-0.1, -0.05) is 18.2 Å². The van der Waals surface area contributed by atoms with E-state index in [1.807, 2.05) is 25.2 Å². The van der Waals surface area contributed by atoms with Crippen molar-refractivity contribution in [2.75, 3.05) is 31.6 Å². The molecule has 1 saturated heterocycles. The molecule has 23 heavy (non-hydrogen) atoms. The molecule has 0 aromatic heterocycles. The molecule has 0 aliphatic carbocycles. The number of likely N-dealkylation sites (N-methyl/N-ethyl adjacent to an activating group) is 1. The Morgan fingerprint density at radius 1 is 1.35 bits per heavy atom. The number of nitrogens with one attached hydrogen (secondary N) is 1. The lowest BCUT2D eigenvalue weighted by atomic mass is 9.97. The van der Waals surface area contributed by atoms with E-state index in [1.165, 1.54) is 0 Å². The van der Waals surface area contributed by atoms with Crippen LogP contribution in [0, 0.1) is 5.92 Å². The molecule has 2 rings (SSSR count). The number of hydrogen-bond donors (Lipinski definition) is 1. The largest absolute Gasteiger partial charge is 0.370 e. The summed E-state index contributed by atoms with van der Waals surface area (Å²) in [7, 11) is 2.03. The van der Waals surface area contributed by atoms with E-state index in [0.29, 0.717) is 13.1 Å². The van der Waals surface area contributed by atoms with Crippen molar-refractivity contribution in [1.82, 2.24) is 10.2 Å². The molecule has 0 spiro atoms. The smallest absolute Gasteiger partial charge is 0.224 e. The Morgan fingerprint density at radius 3 is 2.70 bits per heavy atom. The van der Waals surface area contributed by atoms with Crippen LogP contribution in [0.5, 0.6) is 0 Å². The number of piperidine rings is 1. The highest BCUT2D eigenvalue weighted by Gasteiger charge is 2.27. The minimum Gasteiger partial charge on any atom is -0.370 e. The van der Waals surface area contributed by atoms with Crippen molar-refractivity contribution < 1.29 is 9.59 Å². The minimum atomic E-state index is -0.0816. The number of carbonyl (C=O) groups excluding carboxylic acids is 2. The average molecular weight is 317 g/mol. The molecular formula is C18H27N3O2. The Bertz CT molecular complexity index is 532. The Hall–Kier alpha value is -2.04. The van der Waals surface area contributed by atoms with Crippen LogP contribution in [0.2, 0.25) is 0 Å². The third kappa shape index (κ3) is 4.71. The predicted molar refractivity (Wildman–Crippen MR) is 92.3 cm³/mol. The van der Waals surface area contributed by atoms with Crippen molar-refractivity contribution in [3.63, 3.8) is 0 Å². The van der Waals surface area contributed by atoms with Crippen LogP contribution in [0.1, 0.15) is 26.7 Å². The maximum absolute atomic E-state index is 12.4. The van der Waals surface area contributed by atoms with Crippen molar-refractivity contribution >= 4 is 17.5 Å². The fourth-order valence-electron chi connectivity index (χ4n) is 2.92. The summed E-state index contributed by atoms with van der Waals surface area (Å²) in [6.45, 7) is 5.57. The predicted octanol–water partition coefficient (Wildman–Crippen LogP) is 1.89. The zero-order valence-corrected chi connectivity index (χ0v) is 14.3. The molecule has 5 heteroatoms.